The molecule has 2 amide bonds. The van der Waals surface area contributed by atoms with E-state index in [4.69, 9.17) is 13.9 Å². The zero-order chi connectivity index (χ0) is 25.1. The van der Waals surface area contributed by atoms with E-state index < -0.39 is 0 Å². The predicted octanol–water partition coefficient (Wildman–Crippen LogP) is 4.66. The average Bonchev–Trinajstić information content (AvgIpc) is 3.31. The third-order valence-corrected chi connectivity index (χ3v) is 6.38. The van der Waals surface area contributed by atoms with Crippen molar-refractivity contribution in [3.63, 3.8) is 0 Å². The van der Waals surface area contributed by atoms with E-state index in [9.17, 15) is 9.59 Å². The maximum Gasteiger partial charge on any atom is 0.291 e. The van der Waals surface area contributed by atoms with Gasteiger partial charge in [0, 0.05) is 42.8 Å². The highest BCUT2D eigenvalue weighted by atomic mass is 16.5. The number of ether oxygens (including phenoxy) is 2. The number of furan rings is 1. The molecule has 1 fully saturated rings. The highest BCUT2D eigenvalue weighted by molar-refractivity contribution is 6.14. The van der Waals surface area contributed by atoms with Crippen molar-refractivity contribution in [1.82, 2.24) is 4.90 Å². The first-order valence-electron chi connectivity index (χ1n) is 11.7. The SMILES string of the molecule is COc1ccc(C(=O)Nc2c(C(=O)N3CCN(c4ccc(OC)cc4)CC3)oc3ccccc23)cc1. The second-order valence-electron chi connectivity index (χ2n) is 8.46. The van der Waals surface area contributed by atoms with Crippen molar-refractivity contribution in [1.29, 1.82) is 0 Å². The van der Waals surface area contributed by atoms with Crippen LogP contribution in [-0.4, -0.2) is 57.1 Å². The third kappa shape index (κ3) is 4.57. The van der Waals surface area contributed by atoms with Crippen molar-refractivity contribution in [3.05, 3.63) is 84.1 Å². The van der Waals surface area contributed by atoms with Crippen LogP contribution in [0.5, 0.6) is 11.5 Å². The summed E-state index contributed by atoms with van der Waals surface area (Å²) < 4.78 is 16.4. The molecule has 1 aliphatic rings. The zero-order valence-corrected chi connectivity index (χ0v) is 20.2. The molecule has 1 aromatic heterocycles. The number of para-hydroxylation sites is 1. The predicted molar refractivity (Wildman–Crippen MR) is 138 cm³/mol. The molecule has 1 N–H and O–H groups in total. The van der Waals surface area contributed by atoms with E-state index in [0.29, 0.717) is 54.1 Å². The Bertz CT molecular complexity index is 1370. The van der Waals surface area contributed by atoms with Gasteiger partial charge < -0.3 is 29.0 Å². The second kappa shape index (κ2) is 10.0. The lowest BCUT2D eigenvalue weighted by Crippen LogP contribution is -2.48. The number of piperazine rings is 1. The van der Waals surface area contributed by atoms with Gasteiger partial charge in [0.1, 0.15) is 22.8 Å². The summed E-state index contributed by atoms with van der Waals surface area (Å²) in [4.78, 5) is 30.6. The van der Waals surface area contributed by atoms with Gasteiger partial charge in [-0.2, -0.15) is 0 Å². The lowest BCUT2D eigenvalue weighted by Gasteiger charge is -2.35. The normalized spacial score (nSPS) is 13.5. The van der Waals surface area contributed by atoms with Crippen LogP contribution in [-0.2, 0) is 0 Å². The monoisotopic (exact) mass is 485 g/mol. The molecule has 0 bridgehead atoms. The Hall–Kier alpha value is -4.46. The topological polar surface area (TPSA) is 84.2 Å². The minimum atomic E-state index is -0.331. The number of rotatable bonds is 6. The minimum Gasteiger partial charge on any atom is -0.497 e. The molecule has 0 aliphatic carbocycles. The van der Waals surface area contributed by atoms with Crippen molar-refractivity contribution in [2.75, 3.05) is 50.6 Å². The fourth-order valence-corrected chi connectivity index (χ4v) is 4.35. The minimum absolute atomic E-state index is 0.135. The summed E-state index contributed by atoms with van der Waals surface area (Å²) in [6, 6.07) is 22.0. The molecule has 0 unspecified atom stereocenters. The van der Waals surface area contributed by atoms with Crippen LogP contribution < -0.4 is 19.7 Å². The first-order valence-corrected chi connectivity index (χ1v) is 11.7. The van der Waals surface area contributed by atoms with Gasteiger partial charge in [-0.3, -0.25) is 9.59 Å². The number of fused-ring (bicyclic) bond motifs is 1. The van der Waals surface area contributed by atoms with Crippen molar-refractivity contribution >= 4 is 34.2 Å². The standard InChI is InChI=1S/C28H27N3O5/c1-34-21-11-7-19(8-12-21)27(32)29-25-23-5-3-4-6-24(23)36-26(25)28(33)31-17-15-30(16-18-31)20-9-13-22(35-2)14-10-20/h3-14H,15-18H2,1-2H3,(H,29,32). The molecule has 8 heteroatoms. The molecule has 1 aliphatic heterocycles. The number of benzene rings is 3. The fourth-order valence-electron chi connectivity index (χ4n) is 4.35. The van der Waals surface area contributed by atoms with Crippen LogP contribution >= 0.6 is 0 Å². The van der Waals surface area contributed by atoms with Gasteiger partial charge in [-0.25, -0.2) is 0 Å². The Morgan fingerprint density at radius 1 is 0.806 bits per heavy atom. The van der Waals surface area contributed by atoms with Gasteiger partial charge in [0.05, 0.1) is 14.2 Å². The summed E-state index contributed by atoms with van der Waals surface area (Å²) in [5.41, 5.74) is 2.46. The van der Waals surface area contributed by atoms with Gasteiger partial charge in [-0.1, -0.05) is 12.1 Å². The fraction of sp³-hybridized carbons (Fsp3) is 0.214. The molecule has 1 saturated heterocycles. The number of anilines is 2. The van der Waals surface area contributed by atoms with E-state index >= 15 is 0 Å². The largest absolute Gasteiger partial charge is 0.497 e. The van der Waals surface area contributed by atoms with Crippen molar-refractivity contribution in [2.24, 2.45) is 0 Å². The smallest absolute Gasteiger partial charge is 0.291 e. The number of nitrogens with one attached hydrogen (secondary N) is 1. The summed E-state index contributed by atoms with van der Waals surface area (Å²) >= 11 is 0. The van der Waals surface area contributed by atoms with E-state index in [-0.39, 0.29) is 17.6 Å². The Kier molecular flexibility index (Phi) is 6.49. The Balaban J connectivity index is 1.35. The van der Waals surface area contributed by atoms with Gasteiger partial charge in [0.15, 0.2) is 0 Å². The van der Waals surface area contributed by atoms with Crippen LogP contribution in [0.1, 0.15) is 20.9 Å². The first-order chi connectivity index (χ1) is 17.6. The lowest BCUT2D eigenvalue weighted by atomic mass is 10.1. The van der Waals surface area contributed by atoms with Gasteiger partial charge in [0.2, 0.25) is 5.76 Å². The number of hydrogen-bond donors (Lipinski definition) is 1. The van der Waals surface area contributed by atoms with Gasteiger partial charge >= 0.3 is 0 Å². The molecule has 0 atom stereocenters. The highest BCUT2D eigenvalue weighted by Gasteiger charge is 2.29. The number of methoxy groups -OCH3 is 2. The molecular formula is C28H27N3O5. The third-order valence-electron chi connectivity index (χ3n) is 6.38. The van der Waals surface area contributed by atoms with E-state index in [2.05, 4.69) is 10.2 Å². The number of amides is 2. The van der Waals surface area contributed by atoms with Crippen LogP contribution in [0.25, 0.3) is 11.0 Å². The Morgan fingerprint density at radius 2 is 1.42 bits per heavy atom. The highest BCUT2D eigenvalue weighted by Crippen LogP contribution is 2.33. The van der Waals surface area contributed by atoms with Crippen LogP contribution in [0.4, 0.5) is 11.4 Å². The van der Waals surface area contributed by atoms with E-state index in [1.807, 2.05) is 42.5 Å². The van der Waals surface area contributed by atoms with Gasteiger partial charge in [0.25, 0.3) is 11.8 Å². The first kappa shape index (κ1) is 23.3. The van der Waals surface area contributed by atoms with E-state index in [0.717, 1.165) is 11.4 Å². The summed E-state index contributed by atoms with van der Waals surface area (Å²) in [7, 11) is 3.21. The zero-order valence-electron chi connectivity index (χ0n) is 20.2. The number of nitrogens with zero attached hydrogens (tertiary/aromatic N) is 2. The maximum absolute atomic E-state index is 13.5. The van der Waals surface area contributed by atoms with Gasteiger partial charge in [-0.05, 0) is 60.7 Å². The number of carbonyl (C=O) groups is 2. The van der Waals surface area contributed by atoms with Crippen LogP contribution in [0.3, 0.4) is 0 Å². The quantitative estimate of drug-likeness (QED) is 0.428. The molecule has 0 spiro atoms. The van der Waals surface area contributed by atoms with Crippen LogP contribution in [0.15, 0.2) is 77.2 Å². The summed E-state index contributed by atoms with van der Waals surface area (Å²) in [5, 5.41) is 3.59. The van der Waals surface area contributed by atoms with Crippen molar-refractivity contribution in [2.45, 2.75) is 0 Å². The number of carbonyl (C=O) groups excluding carboxylic acids is 2. The molecule has 36 heavy (non-hydrogen) atoms. The van der Waals surface area contributed by atoms with Crippen LogP contribution in [0.2, 0.25) is 0 Å². The Labute approximate surface area is 209 Å². The summed E-state index contributed by atoms with van der Waals surface area (Å²) in [5.74, 6) is 1.02. The molecule has 3 aromatic carbocycles. The molecule has 2 heterocycles. The van der Waals surface area contributed by atoms with Crippen LogP contribution in [0, 0.1) is 0 Å². The van der Waals surface area contributed by atoms with E-state index in [1.165, 1.54) is 0 Å². The number of hydrogen-bond acceptors (Lipinski definition) is 6. The molecular weight excluding hydrogens is 458 g/mol. The molecule has 8 nitrogen and oxygen atoms in total. The summed E-state index contributed by atoms with van der Waals surface area (Å²) in [6.45, 7) is 2.44. The molecule has 4 aromatic rings. The van der Waals surface area contributed by atoms with E-state index in [1.54, 1.807) is 49.5 Å². The maximum atomic E-state index is 13.5. The molecule has 0 radical (unpaired) electrons. The van der Waals surface area contributed by atoms with Crippen molar-refractivity contribution < 1.29 is 23.5 Å². The average molecular weight is 486 g/mol. The molecule has 0 saturated carbocycles. The Morgan fingerprint density at radius 3 is 2.06 bits per heavy atom. The molecule has 184 valence electrons. The summed E-state index contributed by atoms with van der Waals surface area (Å²) in [6.07, 6.45) is 0. The second-order valence-corrected chi connectivity index (χ2v) is 8.46. The molecule has 5 rings (SSSR count). The van der Waals surface area contributed by atoms with Crippen molar-refractivity contribution in [3.8, 4) is 11.5 Å². The van der Waals surface area contributed by atoms with Gasteiger partial charge in [-0.15, -0.1) is 0 Å². The lowest BCUT2D eigenvalue weighted by molar-refractivity contribution is 0.0718.